The van der Waals surface area contributed by atoms with Crippen LogP contribution in [-0.4, -0.2) is 37.4 Å². The molecule has 1 atom stereocenters. The third-order valence-corrected chi connectivity index (χ3v) is 2.44. The van der Waals surface area contributed by atoms with E-state index in [0.29, 0.717) is 24.5 Å². The number of phenolic OH excluding ortho intramolecular Hbond substituents is 1. The van der Waals surface area contributed by atoms with Crippen LogP contribution in [0.3, 0.4) is 0 Å². The van der Waals surface area contributed by atoms with Crippen molar-refractivity contribution in [2.45, 2.75) is 20.0 Å². The van der Waals surface area contributed by atoms with Gasteiger partial charge in [0.25, 0.3) is 5.91 Å². The second kappa shape index (κ2) is 6.86. The maximum atomic E-state index is 11.8. The van der Waals surface area contributed by atoms with Gasteiger partial charge in [0.05, 0.1) is 13.2 Å². The highest BCUT2D eigenvalue weighted by Crippen LogP contribution is 2.25. The zero-order valence-electron chi connectivity index (χ0n) is 10.9. The lowest BCUT2D eigenvalue weighted by atomic mass is 10.2. The number of carbonyl (C=O) groups is 1. The van der Waals surface area contributed by atoms with Crippen LogP contribution in [0, 0.1) is 0 Å². The number of methoxy groups -OCH3 is 1. The van der Waals surface area contributed by atoms with E-state index in [1.807, 2.05) is 13.8 Å². The Kier molecular flexibility index (Phi) is 5.45. The maximum Gasteiger partial charge on any atom is 0.251 e. The fraction of sp³-hybridized carbons (Fsp3) is 0.462. The highest BCUT2D eigenvalue weighted by molar-refractivity contribution is 5.94. The Bertz CT molecular complexity index is 406. The maximum absolute atomic E-state index is 11.8. The molecule has 2 N–H and O–H groups in total. The van der Waals surface area contributed by atoms with Crippen molar-refractivity contribution in [2.75, 3.05) is 20.3 Å². The molecule has 1 aromatic carbocycles. The summed E-state index contributed by atoms with van der Waals surface area (Å²) in [6.45, 7) is 4.83. The minimum Gasteiger partial charge on any atom is -0.504 e. The molecule has 0 spiro atoms. The number of aromatic hydroxyl groups is 1. The van der Waals surface area contributed by atoms with Gasteiger partial charge >= 0.3 is 0 Å². The van der Waals surface area contributed by atoms with E-state index in [0.717, 1.165) is 0 Å². The first-order valence-corrected chi connectivity index (χ1v) is 5.85. The van der Waals surface area contributed by atoms with Gasteiger partial charge in [-0.3, -0.25) is 4.79 Å². The zero-order valence-corrected chi connectivity index (χ0v) is 10.9. The van der Waals surface area contributed by atoms with E-state index in [-0.39, 0.29) is 17.8 Å². The first kappa shape index (κ1) is 14.3. The van der Waals surface area contributed by atoms with Crippen LogP contribution in [0.1, 0.15) is 24.2 Å². The van der Waals surface area contributed by atoms with Crippen LogP contribution in [-0.2, 0) is 4.74 Å². The molecule has 0 heterocycles. The van der Waals surface area contributed by atoms with Crippen molar-refractivity contribution in [3.8, 4) is 11.5 Å². The quantitative estimate of drug-likeness (QED) is 0.807. The monoisotopic (exact) mass is 253 g/mol. The number of hydrogen-bond acceptors (Lipinski definition) is 4. The smallest absolute Gasteiger partial charge is 0.251 e. The minimum absolute atomic E-state index is 0.0363. The lowest BCUT2D eigenvalue weighted by molar-refractivity contribution is 0.0695. The summed E-state index contributed by atoms with van der Waals surface area (Å²) >= 11 is 0. The molecule has 1 amide bonds. The molecule has 5 heteroatoms. The molecule has 0 saturated carbocycles. The van der Waals surface area contributed by atoms with Crippen molar-refractivity contribution < 1.29 is 19.4 Å². The van der Waals surface area contributed by atoms with Crippen LogP contribution in [0.5, 0.6) is 11.5 Å². The summed E-state index contributed by atoms with van der Waals surface area (Å²) in [5.41, 5.74) is 0.386. The van der Waals surface area contributed by atoms with Gasteiger partial charge in [-0.25, -0.2) is 0 Å². The summed E-state index contributed by atoms with van der Waals surface area (Å²) in [6.07, 6.45) is -0.0363. The zero-order chi connectivity index (χ0) is 13.5. The number of rotatable bonds is 6. The van der Waals surface area contributed by atoms with E-state index in [9.17, 15) is 9.90 Å². The predicted octanol–water partition coefficient (Wildman–Crippen LogP) is 1.56. The van der Waals surface area contributed by atoms with Gasteiger partial charge in [-0.2, -0.15) is 0 Å². The molecule has 5 nitrogen and oxygen atoms in total. The average molecular weight is 253 g/mol. The fourth-order valence-electron chi connectivity index (χ4n) is 1.51. The molecule has 0 aliphatic rings. The fourth-order valence-corrected chi connectivity index (χ4v) is 1.51. The number of carbonyl (C=O) groups excluding carboxylic acids is 1. The highest BCUT2D eigenvalue weighted by Gasteiger charge is 2.10. The molecule has 0 fully saturated rings. The second-order valence-corrected chi connectivity index (χ2v) is 3.86. The van der Waals surface area contributed by atoms with Crippen LogP contribution in [0.4, 0.5) is 0 Å². The van der Waals surface area contributed by atoms with Crippen LogP contribution in [0.25, 0.3) is 0 Å². The van der Waals surface area contributed by atoms with Gasteiger partial charge in [-0.1, -0.05) is 0 Å². The Balaban J connectivity index is 2.59. The molecule has 0 bridgehead atoms. The summed E-state index contributed by atoms with van der Waals surface area (Å²) in [5.74, 6) is 0.0387. The van der Waals surface area contributed by atoms with Gasteiger partial charge in [0.15, 0.2) is 11.5 Å². The Morgan fingerprint density at radius 1 is 1.50 bits per heavy atom. The average Bonchev–Trinajstić information content (AvgIpc) is 2.36. The van der Waals surface area contributed by atoms with Gasteiger partial charge in [-0.15, -0.1) is 0 Å². The van der Waals surface area contributed by atoms with Gasteiger partial charge in [-0.05, 0) is 32.0 Å². The minimum atomic E-state index is -0.250. The summed E-state index contributed by atoms with van der Waals surface area (Å²) in [5, 5.41) is 12.3. The third-order valence-electron chi connectivity index (χ3n) is 2.44. The predicted molar refractivity (Wildman–Crippen MR) is 68.1 cm³/mol. The Labute approximate surface area is 107 Å². The third kappa shape index (κ3) is 3.92. The summed E-state index contributed by atoms with van der Waals surface area (Å²) in [7, 11) is 1.46. The van der Waals surface area contributed by atoms with E-state index in [4.69, 9.17) is 9.47 Å². The summed E-state index contributed by atoms with van der Waals surface area (Å²) in [4.78, 5) is 11.8. The molecule has 0 aromatic heterocycles. The van der Waals surface area contributed by atoms with E-state index in [1.54, 1.807) is 12.1 Å². The number of amides is 1. The summed E-state index contributed by atoms with van der Waals surface area (Å²) < 4.78 is 10.2. The first-order valence-electron chi connectivity index (χ1n) is 5.85. The Morgan fingerprint density at radius 2 is 2.22 bits per heavy atom. The van der Waals surface area contributed by atoms with E-state index in [1.165, 1.54) is 13.2 Å². The van der Waals surface area contributed by atoms with Crippen LogP contribution in [0.2, 0.25) is 0 Å². The Morgan fingerprint density at radius 3 is 2.78 bits per heavy atom. The molecule has 0 radical (unpaired) electrons. The van der Waals surface area contributed by atoms with Crippen molar-refractivity contribution in [2.24, 2.45) is 0 Å². The second-order valence-electron chi connectivity index (χ2n) is 3.86. The molecular weight excluding hydrogens is 234 g/mol. The Hall–Kier alpha value is -1.75. The van der Waals surface area contributed by atoms with E-state index in [2.05, 4.69) is 5.32 Å². The largest absolute Gasteiger partial charge is 0.504 e. The van der Waals surface area contributed by atoms with Crippen LogP contribution in [0.15, 0.2) is 18.2 Å². The molecule has 1 rings (SSSR count). The van der Waals surface area contributed by atoms with E-state index >= 15 is 0 Å². The van der Waals surface area contributed by atoms with Crippen molar-refractivity contribution in [1.82, 2.24) is 5.32 Å². The van der Waals surface area contributed by atoms with Gasteiger partial charge in [0, 0.05) is 18.7 Å². The van der Waals surface area contributed by atoms with Crippen LogP contribution >= 0.6 is 0 Å². The molecular formula is C13H19NO4. The number of hydrogen-bond donors (Lipinski definition) is 2. The SMILES string of the molecule is CCOC(C)CNC(=O)c1ccc(OC)c(O)c1. The van der Waals surface area contributed by atoms with E-state index < -0.39 is 0 Å². The van der Waals surface area contributed by atoms with Gasteiger partial charge in [0.2, 0.25) is 0 Å². The molecule has 0 saturated heterocycles. The molecule has 1 aromatic rings. The van der Waals surface area contributed by atoms with Gasteiger partial charge < -0.3 is 19.9 Å². The number of benzene rings is 1. The lowest BCUT2D eigenvalue weighted by Crippen LogP contribution is -2.32. The topological polar surface area (TPSA) is 67.8 Å². The first-order chi connectivity index (χ1) is 8.58. The molecule has 0 aliphatic heterocycles. The lowest BCUT2D eigenvalue weighted by Gasteiger charge is -2.13. The number of nitrogens with one attached hydrogen (secondary N) is 1. The van der Waals surface area contributed by atoms with Crippen molar-refractivity contribution >= 4 is 5.91 Å². The van der Waals surface area contributed by atoms with Gasteiger partial charge in [0.1, 0.15) is 0 Å². The molecule has 1 unspecified atom stereocenters. The highest BCUT2D eigenvalue weighted by atomic mass is 16.5. The number of phenols is 1. The normalized spacial score (nSPS) is 11.9. The van der Waals surface area contributed by atoms with Crippen molar-refractivity contribution in [3.05, 3.63) is 23.8 Å². The molecule has 0 aliphatic carbocycles. The molecule has 18 heavy (non-hydrogen) atoms. The standard InChI is InChI=1S/C13H19NO4/c1-4-18-9(2)8-14-13(16)10-5-6-12(17-3)11(15)7-10/h5-7,9,15H,4,8H2,1-3H3,(H,14,16). The molecule has 100 valence electrons. The number of ether oxygens (including phenoxy) is 2. The van der Waals surface area contributed by atoms with Crippen LogP contribution < -0.4 is 10.1 Å². The summed E-state index contributed by atoms with van der Waals surface area (Å²) in [6, 6.07) is 4.52. The van der Waals surface area contributed by atoms with Crippen molar-refractivity contribution in [3.63, 3.8) is 0 Å². The van der Waals surface area contributed by atoms with Crippen molar-refractivity contribution in [1.29, 1.82) is 0 Å².